The van der Waals surface area contributed by atoms with Gasteiger partial charge < -0.3 is 5.32 Å². The van der Waals surface area contributed by atoms with Crippen molar-refractivity contribution in [1.82, 2.24) is 5.32 Å². The average molecular weight is 326 g/mol. The maximum atomic E-state index is 11.8. The van der Waals surface area contributed by atoms with Crippen molar-refractivity contribution in [3.63, 3.8) is 0 Å². The molecule has 118 valence electrons. The van der Waals surface area contributed by atoms with Crippen LogP contribution in [-0.4, -0.2) is 23.4 Å². The van der Waals surface area contributed by atoms with E-state index in [0.29, 0.717) is 0 Å². The molecule has 2 aromatic rings. The number of hydrogen-bond donors (Lipinski definition) is 2. The Morgan fingerprint density at radius 3 is 2.43 bits per heavy atom. The highest BCUT2D eigenvalue weighted by Gasteiger charge is 2.36. The summed E-state index contributed by atoms with van der Waals surface area (Å²) in [5, 5.41) is 4.88. The number of benzene rings is 2. The van der Waals surface area contributed by atoms with E-state index in [-0.39, 0.29) is 22.3 Å². The summed E-state index contributed by atoms with van der Waals surface area (Å²) in [5.74, 6) is -0.206. The highest BCUT2D eigenvalue weighted by atomic mass is 32.2. The lowest BCUT2D eigenvalue weighted by atomic mass is 9.94. The smallest absolute Gasteiger partial charge is 0.286 e. The molecule has 0 aliphatic carbocycles. The van der Waals surface area contributed by atoms with Crippen LogP contribution in [-0.2, 0) is 4.79 Å². The Labute approximate surface area is 139 Å². The summed E-state index contributed by atoms with van der Waals surface area (Å²) in [5.41, 5.74) is 4.38. The summed E-state index contributed by atoms with van der Waals surface area (Å²) >= 11 is 1.07. The van der Waals surface area contributed by atoms with Crippen molar-refractivity contribution in [2.45, 2.75) is 18.1 Å². The van der Waals surface area contributed by atoms with Crippen LogP contribution >= 0.6 is 11.8 Å². The molecule has 2 N–H and O–H groups in total. The van der Waals surface area contributed by atoms with Crippen LogP contribution in [0.5, 0.6) is 0 Å². The van der Waals surface area contributed by atoms with Gasteiger partial charge in [-0.05, 0) is 28.8 Å². The van der Waals surface area contributed by atoms with Crippen molar-refractivity contribution in [3.05, 3.63) is 54.1 Å². The number of thioether (sulfide) groups is 1. The zero-order chi connectivity index (χ0) is 16.4. The van der Waals surface area contributed by atoms with Crippen molar-refractivity contribution in [3.8, 4) is 11.1 Å². The number of carbonyl (C=O) groups is 2. The molecule has 3 rings (SSSR count). The monoisotopic (exact) mass is 326 g/mol. The van der Waals surface area contributed by atoms with E-state index in [1.807, 2.05) is 38.2 Å². The number of amides is 2. The van der Waals surface area contributed by atoms with Crippen LogP contribution in [0.4, 0.5) is 10.5 Å². The molecule has 1 fully saturated rings. The topological polar surface area (TPSA) is 58.2 Å². The zero-order valence-corrected chi connectivity index (χ0v) is 13.8. The van der Waals surface area contributed by atoms with Crippen molar-refractivity contribution in [2.75, 3.05) is 12.4 Å². The Balaban J connectivity index is 1.81. The first-order chi connectivity index (χ1) is 11.1. The van der Waals surface area contributed by atoms with Gasteiger partial charge in [0.15, 0.2) is 0 Å². The molecule has 2 aromatic carbocycles. The molecule has 0 aromatic heterocycles. The summed E-state index contributed by atoms with van der Waals surface area (Å²) in [7, 11) is 1.90. The van der Waals surface area contributed by atoms with E-state index in [0.717, 1.165) is 34.1 Å². The highest BCUT2D eigenvalue weighted by Crippen LogP contribution is 2.33. The van der Waals surface area contributed by atoms with Crippen LogP contribution < -0.4 is 10.6 Å². The van der Waals surface area contributed by atoms with E-state index < -0.39 is 0 Å². The largest absolute Gasteiger partial charge is 0.388 e. The lowest BCUT2D eigenvalue weighted by molar-refractivity contribution is -0.119. The number of anilines is 1. The van der Waals surface area contributed by atoms with Crippen LogP contribution in [0, 0.1) is 0 Å². The first kappa shape index (κ1) is 15.6. The van der Waals surface area contributed by atoms with Gasteiger partial charge in [-0.15, -0.1) is 0 Å². The molecule has 1 aliphatic heterocycles. The normalized spacial score (nSPS) is 18.6. The standard InChI is InChI=1S/C18H18N2O2S/c1-11(16-17(21)20-18(22)23-16)12-6-8-13(9-7-12)14-4-3-5-15(10-14)19-2/h3-11,16,19H,1-2H3,(H,20,21,22). The first-order valence-electron chi connectivity index (χ1n) is 7.48. The van der Waals surface area contributed by atoms with E-state index >= 15 is 0 Å². The lowest BCUT2D eigenvalue weighted by Crippen LogP contribution is -2.27. The Hall–Kier alpha value is -2.27. The number of carbonyl (C=O) groups excluding carboxylic acids is 2. The predicted octanol–water partition coefficient (Wildman–Crippen LogP) is 3.85. The van der Waals surface area contributed by atoms with Gasteiger partial charge in [-0.25, -0.2) is 0 Å². The molecule has 0 bridgehead atoms. The third kappa shape index (κ3) is 3.24. The second-order valence-corrected chi connectivity index (χ2v) is 6.67. The number of nitrogens with one attached hydrogen (secondary N) is 2. The Bertz CT molecular complexity index is 743. The van der Waals surface area contributed by atoms with Gasteiger partial charge in [0.05, 0.1) is 5.25 Å². The van der Waals surface area contributed by atoms with E-state index in [4.69, 9.17) is 0 Å². The van der Waals surface area contributed by atoms with Gasteiger partial charge in [0.2, 0.25) is 5.91 Å². The van der Waals surface area contributed by atoms with Gasteiger partial charge in [-0.2, -0.15) is 0 Å². The Morgan fingerprint density at radius 1 is 1.09 bits per heavy atom. The number of rotatable bonds is 4. The third-order valence-corrected chi connectivity index (χ3v) is 5.29. The molecule has 2 amide bonds. The van der Waals surface area contributed by atoms with Gasteiger partial charge in [-0.3, -0.25) is 14.9 Å². The van der Waals surface area contributed by atoms with Crippen LogP contribution in [0.1, 0.15) is 18.4 Å². The van der Waals surface area contributed by atoms with Crippen molar-refractivity contribution in [2.24, 2.45) is 0 Å². The highest BCUT2D eigenvalue weighted by molar-refractivity contribution is 8.15. The third-order valence-electron chi connectivity index (χ3n) is 4.09. The molecular formula is C18H18N2O2S. The SMILES string of the molecule is CNc1cccc(-c2ccc(C(C)C3SC(=O)NC3=O)cc2)c1. The van der Waals surface area contributed by atoms with E-state index in [9.17, 15) is 9.59 Å². The average Bonchev–Trinajstić information content (AvgIpc) is 2.93. The fourth-order valence-electron chi connectivity index (χ4n) is 2.71. The van der Waals surface area contributed by atoms with Gasteiger partial charge in [0.1, 0.15) is 0 Å². The summed E-state index contributed by atoms with van der Waals surface area (Å²) in [6.07, 6.45) is 0. The molecule has 0 radical (unpaired) electrons. The summed E-state index contributed by atoms with van der Waals surface area (Å²) in [6, 6.07) is 16.4. The minimum Gasteiger partial charge on any atom is -0.388 e. The lowest BCUT2D eigenvalue weighted by Gasteiger charge is -2.16. The fraction of sp³-hybridized carbons (Fsp3) is 0.222. The van der Waals surface area contributed by atoms with Crippen LogP contribution in [0.15, 0.2) is 48.5 Å². The van der Waals surface area contributed by atoms with E-state index in [1.165, 1.54) is 0 Å². The van der Waals surface area contributed by atoms with Crippen molar-refractivity contribution in [1.29, 1.82) is 0 Å². The molecule has 0 saturated carbocycles. The van der Waals surface area contributed by atoms with E-state index in [1.54, 1.807) is 0 Å². The van der Waals surface area contributed by atoms with Gasteiger partial charge in [0, 0.05) is 18.7 Å². The molecule has 4 nitrogen and oxygen atoms in total. The maximum absolute atomic E-state index is 11.8. The van der Waals surface area contributed by atoms with Crippen molar-refractivity contribution < 1.29 is 9.59 Å². The number of imide groups is 1. The summed E-state index contributed by atoms with van der Waals surface area (Å²) < 4.78 is 0. The minimum absolute atomic E-state index is 0.0101. The molecular weight excluding hydrogens is 308 g/mol. The van der Waals surface area contributed by atoms with Crippen LogP contribution in [0.25, 0.3) is 11.1 Å². The quantitative estimate of drug-likeness (QED) is 0.896. The Kier molecular flexibility index (Phi) is 4.39. The molecule has 1 aliphatic rings. The second kappa shape index (κ2) is 6.46. The minimum atomic E-state index is -0.346. The molecule has 5 heteroatoms. The molecule has 1 saturated heterocycles. The Morgan fingerprint density at radius 2 is 1.83 bits per heavy atom. The van der Waals surface area contributed by atoms with Gasteiger partial charge in [-0.1, -0.05) is 55.1 Å². The zero-order valence-electron chi connectivity index (χ0n) is 13.0. The maximum Gasteiger partial charge on any atom is 0.286 e. The fourth-order valence-corrected chi connectivity index (χ4v) is 3.62. The molecule has 0 spiro atoms. The molecule has 23 heavy (non-hydrogen) atoms. The van der Waals surface area contributed by atoms with Crippen LogP contribution in [0.2, 0.25) is 0 Å². The predicted molar refractivity (Wildman–Crippen MR) is 94.8 cm³/mol. The first-order valence-corrected chi connectivity index (χ1v) is 8.36. The summed E-state index contributed by atoms with van der Waals surface area (Å²) in [4.78, 5) is 23.1. The molecule has 1 heterocycles. The van der Waals surface area contributed by atoms with E-state index in [2.05, 4.69) is 34.9 Å². The van der Waals surface area contributed by atoms with Gasteiger partial charge >= 0.3 is 0 Å². The van der Waals surface area contributed by atoms with Crippen LogP contribution in [0.3, 0.4) is 0 Å². The molecule has 2 unspecified atom stereocenters. The second-order valence-electron chi connectivity index (χ2n) is 5.56. The summed E-state index contributed by atoms with van der Waals surface area (Å²) in [6.45, 7) is 1.98. The molecule has 2 atom stereocenters. The van der Waals surface area contributed by atoms with Crippen molar-refractivity contribution >= 4 is 28.6 Å². The number of hydrogen-bond acceptors (Lipinski definition) is 4. The van der Waals surface area contributed by atoms with Gasteiger partial charge in [0.25, 0.3) is 5.24 Å².